The van der Waals surface area contributed by atoms with Crippen molar-refractivity contribution in [1.82, 2.24) is 4.98 Å². The number of ether oxygens (including phenoxy) is 2. The van der Waals surface area contributed by atoms with Crippen LogP contribution in [0.3, 0.4) is 0 Å². The lowest BCUT2D eigenvalue weighted by atomic mass is 10.1. The number of aromatic carboxylic acids is 1. The molecule has 0 aliphatic heterocycles. The van der Waals surface area contributed by atoms with Gasteiger partial charge in [-0.05, 0) is 31.0 Å². The van der Waals surface area contributed by atoms with E-state index in [-0.39, 0.29) is 11.3 Å². The molecule has 1 aromatic carbocycles. The Bertz CT molecular complexity index is 667. The molecule has 21 heavy (non-hydrogen) atoms. The van der Waals surface area contributed by atoms with Crippen molar-refractivity contribution in [3.63, 3.8) is 0 Å². The molecule has 0 spiro atoms. The largest absolute Gasteiger partial charge is 0.493 e. The zero-order valence-electron chi connectivity index (χ0n) is 12.2. The average molecular weight is 287 g/mol. The van der Waals surface area contributed by atoms with Gasteiger partial charge in [0, 0.05) is 18.0 Å². The van der Waals surface area contributed by atoms with Crippen LogP contribution in [-0.2, 0) is 6.42 Å². The predicted molar refractivity (Wildman–Crippen MR) is 78.4 cm³/mol. The van der Waals surface area contributed by atoms with E-state index >= 15 is 0 Å². The summed E-state index contributed by atoms with van der Waals surface area (Å²) < 4.78 is 11.0. The molecule has 110 valence electrons. The van der Waals surface area contributed by atoms with Crippen LogP contribution in [0, 0.1) is 6.92 Å². The zero-order chi connectivity index (χ0) is 15.4. The topological polar surface area (TPSA) is 68.7 Å². The number of aromatic nitrogens is 1. The van der Waals surface area contributed by atoms with E-state index in [9.17, 15) is 9.90 Å². The minimum Gasteiger partial charge on any atom is -0.493 e. The van der Waals surface area contributed by atoms with Gasteiger partial charge in [0.1, 0.15) is 11.3 Å². The van der Waals surface area contributed by atoms with Gasteiger partial charge in [-0.1, -0.05) is 13.0 Å². The number of benzene rings is 1. The maximum absolute atomic E-state index is 11.2. The van der Waals surface area contributed by atoms with Crippen molar-refractivity contribution in [3.05, 3.63) is 47.3 Å². The molecule has 0 atom stereocenters. The van der Waals surface area contributed by atoms with E-state index in [1.165, 1.54) is 6.20 Å². The Balaban J connectivity index is 2.42. The Morgan fingerprint density at radius 2 is 2.00 bits per heavy atom. The van der Waals surface area contributed by atoms with E-state index in [4.69, 9.17) is 9.47 Å². The van der Waals surface area contributed by atoms with Crippen LogP contribution in [0.15, 0.2) is 30.5 Å². The average Bonchev–Trinajstić information content (AvgIpc) is 2.47. The molecule has 0 aliphatic carbocycles. The first kappa shape index (κ1) is 14.8. The quantitative estimate of drug-likeness (QED) is 0.912. The Kier molecular flexibility index (Phi) is 4.42. The molecule has 1 heterocycles. The van der Waals surface area contributed by atoms with Gasteiger partial charge in [0.25, 0.3) is 0 Å². The molecule has 1 N–H and O–H groups in total. The van der Waals surface area contributed by atoms with E-state index < -0.39 is 5.97 Å². The number of rotatable bonds is 5. The minimum atomic E-state index is -1.08. The fraction of sp³-hybridized carbons (Fsp3) is 0.250. The van der Waals surface area contributed by atoms with Gasteiger partial charge in [-0.15, -0.1) is 0 Å². The van der Waals surface area contributed by atoms with E-state index in [2.05, 4.69) is 4.98 Å². The maximum Gasteiger partial charge on any atom is 0.341 e. The summed E-state index contributed by atoms with van der Waals surface area (Å²) in [7, 11) is 1.55. The number of hydrogen-bond acceptors (Lipinski definition) is 4. The molecule has 0 saturated heterocycles. The molecule has 0 radical (unpaired) electrons. The molecule has 5 nitrogen and oxygen atoms in total. The van der Waals surface area contributed by atoms with Crippen LogP contribution in [-0.4, -0.2) is 23.2 Å². The first-order valence-electron chi connectivity index (χ1n) is 6.59. The Morgan fingerprint density at radius 1 is 1.24 bits per heavy atom. The predicted octanol–water partition coefficient (Wildman–Crippen LogP) is 3.45. The van der Waals surface area contributed by atoms with Crippen molar-refractivity contribution in [3.8, 4) is 17.2 Å². The fourth-order valence-corrected chi connectivity index (χ4v) is 1.91. The number of carboxylic acid groups (broad SMARTS) is 1. The van der Waals surface area contributed by atoms with Crippen LogP contribution < -0.4 is 9.47 Å². The van der Waals surface area contributed by atoms with Gasteiger partial charge in [0.2, 0.25) is 0 Å². The summed E-state index contributed by atoms with van der Waals surface area (Å²) in [6.45, 7) is 3.82. The molecule has 0 fully saturated rings. The number of carboxylic acids is 1. The standard InChI is InChI=1S/C16H17NO4/c1-4-11-5-6-13(15(8-11)20-3)21-14-7-10(2)17-9-12(14)16(18)19/h5-9H,4H2,1-3H3,(H,18,19). The maximum atomic E-state index is 11.2. The number of nitrogens with zero attached hydrogens (tertiary/aromatic N) is 1. The molecule has 0 aliphatic rings. The van der Waals surface area contributed by atoms with Crippen molar-refractivity contribution in [2.75, 3.05) is 7.11 Å². The fourth-order valence-electron chi connectivity index (χ4n) is 1.91. The minimum absolute atomic E-state index is 0.0159. The van der Waals surface area contributed by atoms with Crippen molar-refractivity contribution in [1.29, 1.82) is 0 Å². The SMILES string of the molecule is CCc1ccc(Oc2cc(C)ncc2C(=O)O)c(OC)c1. The normalized spacial score (nSPS) is 10.2. The third-order valence-electron chi connectivity index (χ3n) is 3.09. The van der Waals surface area contributed by atoms with Crippen molar-refractivity contribution in [2.45, 2.75) is 20.3 Å². The number of aryl methyl sites for hydroxylation is 2. The molecule has 0 saturated carbocycles. The molecule has 2 rings (SSSR count). The summed E-state index contributed by atoms with van der Waals surface area (Å²) >= 11 is 0. The summed E-state index contributed by atoms with van der Waals surface area (Å²) in [5, 5.41) is 9.19. The van der Waals surface area contributed by atoms with Gasteiger partial charge < -0.3 is 14.6 Å². The Labute approximate surface area is 123 Å². The van der Waals surface area contributed by atoms with E-state index in [1.54, 1.807) is 26.2 Å². The van der Waals surface area contributed by atoms with Crippen molar-refractivity contribution >= 4 is 5.97 Å². The second-order valence-electron chi connectivity index (χ2n) is 4.57. The number of methoxy groups -OCH3 is 1. The van der Waals surface area contributed by atoms with Crippen LogP contribution in [0.25, 0.3) is 0 Å². The molecule has 0 bridgehead atoms. The molecule has 1 aromatic heterocycles. The second kappa shape index (κ2) is 6.26. The van der Waals surface area contributed by atoms with Gasteiger partial charge in [0.15, 0.2) is 11.5 Å². The highest BCUT2D eigenvalue weighted by molar-refractivity contribution is 5.90. The summed E-state index contributed by atoms with van der Waals surface area (Å²) in [4.78, 5) is 15.2. The van der Waals surface area contributed by atoms with Crippen LogP contribution in [0.4, 0.5) is 0 Å². The van der Waals surface area contributed by atoms with Gasteiger partial charge >= 0.3 is 5.97 Å². The van der Waals surface area contributed by atoms with Crippen molar-refractivity contribution in [2.24, 2.45) is 0 Å². The third-order valence-corrected chi connectivity index (χ3v) is 3.09. The van der Waals surface area contributed by atoms with E-state index in [1.807, 2.05) is 19.1 Å². The number of hydrogen-bond donors (Lipinski definition) is 1. The van der Waals surface area contributed by atoms with Gasteiger partial charge in [-0.3, -0.25) is 4.98 Å². The zero-order valence-corrected chi connectivity index (χ0v) is 12.2. The second-order valence-corrected chi connectivity index (χ2v) is 4.57. The summed E-state index contributed by atoms with van der Waals surface area (Å²) in [5.41, 5.74) is 1.81. The Morgan fingerprint density at radius 3 is 2.62 bits per heavy atom. The molecular weight excluding hydrogens is 270 g/mol. The van der Waals surface area contributed by atoms with Crippen LogP contribution in [0.2, 0.25) is 0 Å². The molecular formula is C16H17NO4. The molecule has 0 amide bonds. The first-order valence-corrected chi connectivity index (χ1v) is 6.59. The van der Waals surface area contributed by atoms with Crippen LogP contribution in [0.5, 0.6) is 17.2 Å². The highest BCUT2D eigenvalue weighted by Crippen LogP contribution is 2.34. The summed E-state index contributed by atoms with van der Waals surface area (Å²) in [6, 6.07) is 7.17. The monoisotopic (exact) mass is 287 g/mol. The third kappa shape index (κ3) is 3.31. The lowest BCUT2D eigenvalue weighted by molar-refractivity contribution is 0.0693. The van der Waals surface area contributed by atoms with Crippen LogP contribution in [0.1, 0.15) is 28.5 Å². The molecule has 2 aromatic rings. The van der Waals surface area contributed by atoms with Crippen molar-refractivity contribution < 1.29 is 19.4 Å². The molecule has 0 unspecified atom stereocenters. The first-order chi connectivity index (χ1) is 10.0. The lowest BCUT2D eigenvalue weighted by Crippen LogP contribution is -2.02. The van der Waals surface area contributed by atoms with Gasteiger partial charge in [0.05, 0.1) is 7.11 Å². The van der Waals surface area contributed by atoms with Gasteiger partial charge in [-0.25, -0.2) is 4.79 Å². The number of carbonyl (C=O) groups is 1. The number of pyridine rings is 1. The van der Waals surface area contributed by atoms with Crippen LogP contribution >= 0.6 is 0 Å². The summed E-state index contributed by atoms with van der Waals surface area (Å²) in [6.07, 6.45) is 2.17. The van der Waals surface area contributed by atoms with E-state index in [0.717, 1.165) is 12.0 Å². The highest BCUT2D eigenvalue weighted by Gasteiger charge is 2.15. The molecule has 5 heteroatoms. The lowest BCUT2D eigenvalue weighted by Gasteiger charge is -2.13. The Hall–Kier alpha value is -2.56. The smallest absolute Gasteiger partial charge is 0.341 e. The summed E-state index contributed by atoms with van der Waals surface area (Å²) in [5.74, 6) is 0.210. The van der Waals surface area contributed by atoms with Gasteiger partial charge in [-0.2, -0.15) is 0 Å². The van der Waals surface area contributed by atoms with E-state index in [0.29, 0.717) is 17.2 Å². The highest BCUT2D eigenvalue weighted by atomic mass is 16.5.